The van der Waals surface area contributed by atoms with Crippen molar-refractivity contribution in [3.05, 3.63) is 0 Å². The molecule has 1 atom stereocenters. The molecule has 1 N–H and O–H groups in total. The molecule has 0 aliphatic carbocycles. The van der Waals surface area contributed by atoms with E-state index in [0.717, 1.165) is 31.0 Å². The Labute approximate surface area is 120 Å². The normalized spacial score (nSPS) is 20.4. The van der Waals surface area contributed by atoms with E-state index in [1.54, 1.807) is 0 Å². The second kappa shape index (κ2) is 8.93. The van der Waals surface area contributed by atoms with Gasteiger partial charge in [-0.1, -0.05) is 13.8 Å². The van der Waals surface area contributed by atoms with Crippen LogP contribution in [-0.2, 0) is 0 Å². The smallest absolute Gasteiger partial charge is 0.00790 e. The van der Waals surface area contributed by atoms with E-state index in [9.17, 15) is 0 Å². The highest BCUT2D eigenvalue weighted by atomic mass is 15.2. The maximum atomic E-state index is 3.56. The van der Waals surface area contributed by atoms with Gasteiger partial charge in [0.1, 0.15) is 0 Å². The predicted molar refractivity (Wildman–Crippen MR) is 84.6 cm³/mol. The molecule has 19 heavy (non-hydrogen) atoms. The summed E-state index contributed by atoms with van der Waals surface area (Å²) < 4.78 is 0. The zero-order valence-corrected chi connectivity index (χ0v) is 13.8. The molecule has 1 rings (SSSR count). The third kappa shape index (κ3) is 7.28. The first-order chi connectivity index (χ1) is 8.99. The monoisotopic (exact) mass is 269 g/mol. The van der Waals surface area contributed by atoms with E-state index in [1.807, 2.05) is 0 Å². The zero-order chi connectivity index (χ0) is 14.3. The lowest BCUT2D eigenvalue weighted by Gasteiger charge is -2.37. The first-order valence-electron chi connectivity index (χ1n) is 8.08. The van der Waals surface area contributed by atoms with Crippen molar-refractivity contribution in [3.63, 3.8) is 0 Å². The Kier molecular flexibility index (Phi) is 7.96. The molecule has 3 heteroatoms. The summed E-state index contributed by atoms with van der Waals surface area (Å²) in [5, 5.41) is 3.56. The van der Waals surface area contributed by atoms with Gasteiger partial charge in [-0.05, 0) is 78.3 Å². The molecule has 1 saturated heterocycles. The fourth-order valence-corrected chi connectivity index (χ4v) is 2.98. The first-order valence-corrected chi connectivity index (χ1v) is 8.08. The maximum absolute atomic E-state index is 3.56. The summed E-state index contributed by atoms with van der Waals surface area (Å²) in [6.07, 6.45) is 4.04. The van der Waals surface area contributed by atoms with Crippen LogP contribution >= 0.6 is 0 Å². The SMILES string of the molecule is CC(C)CNCCC(C)N1CCC(CN(C)C)CC1. The van der Waals surface area contributed by atoms with Crippen LogP contribution in [0.15, 0.2) is 0 Å². The third-order valence-electron chi connectivity index (χ3n) is 4.19. The van der Waals surface area contributed by atoms with Crippen molar-refractivity contribution in [1.82, 2.24) is 15.1 Å². The van der Waals surface area contributed by atoms with Gasteiger partial charge in [-0.15, -0.1) is 0 Å². The van der Waals surface area contributed by atoms with Crippen molar-refractivity contribution >= 4 is 0 Å². The lowest BCUT2D eigenvalue weighted by atomic mass is 9.95. The molecule has 0 amide bonds. The number of nitrogens with one attached hydrogen (secondary N) is 1. The first kappa shape index (κ1) is 16.9. The van der Waals surface area contributed by atoms with Crippen LogP contribution in [0.5, 0.6) is 0 Å². The van der Waals surface area contributed by atoms with Crippen LogP contribution in [0.4, 0.5) is 0 Å². The predicted octanol–water partition coefficient (Wildman–Crippen LogP) is 2.28. The van der Waals surface area contributed by atoms with Crippen LogP contribution in [0.2, 0.25) is 0 Å². The van der Waals surface area contributed by atoms with Crippen molar-refractivity contribution < 1.29 is 0 Å². The largest absolute Gasteiger partial charge is 0.316 e. The van der Waals surface area contributed by atoms with Crippen LogP contribution in [0.1, 0.15) is 40.0 Å². The molecule has 3 nitrogen and oxygen atoms in total. The van der Waals surface area contributed by atoms with E-state index in [4.69, 9.17) is 0 Å². The average Bonchev–Trinajstić information content (AvgIpc) is 2.34. The van der Waals surface area contributed by atoms with Gasteiger partial charge in [0.15, 0.2) is 0 Å². The number of hydrogen-bond donors (Lipinski definition) is 1. The van der Waals surface area contributed by atoms with Crippen molar-refractivity contribution in [3.8, 4) is 0 Å². The minimum absolute atomic E-state index is 0.736. The minimum atomic E-state index is 0.736. The number of nitrogens with zero attached hydrogens (tertiary/aromatic N) is 2. The van der Waals surface area contributed by atoms with E-state index >= 15 is 0 Å². The van der Waals surface area contributed by atoms with Gasteiger partial charge < -0.3 is 15.1 Å². The molecular weight excluding hydrogens is 234 g/mol. The summed E-state index contributed by atoms with van der Waals surface area (Å²) >= 11 is 0. The van der Waals surface area contributed by atoms with Gasteiger partial charge >= 0.3 is 0 Å². The molecular formula is C16H35N3. The Morgan fingerprint density at radius 3 is 2.32 bits per heavy atom. The van der Waals surface area contributed by atoms with E-state index in [2.05, 4.69) is 50.0 Å². The van der Waals surface area contributed by atoms with Gasteiger partial charge in [0, 0.05) is 12.6 Å². The second-order valence-electron chi connectivity index (χ2n) is 6.98. The topological polar surface area (TPSA) is 18.5 Å². The molecule has 1 heterocycles. The minimum Gasteiger partial charge on any atom is -0.316 e. The summed E-state index contributed by atoms with van der Waals surface area (Å²) in [4.78, 5) is 5.02. The van der Waals surface area contributed by atoms with Crippen LogP contribution in [0.3, 0.4) is 0 Å². The summed E-state index contributed by atoms with van der Waals surface area (Å²) in [7, 11) is 4.38. The molecule has 0 aromatic carbocycles. The Hall–Kier alpha value is -0.120. The molecule has 1 unspecified atom stereocenters. The van der Waals surface area contributed by atoms with Crippen molar-refractivity contribution in [2.75, 3.05) is 46.8 Å². The van der Waals surface area contributed by atoms with Gasteiger partial charge in [-0.2, -0.15) is 0 Å². The second-order valence-corrected chi connectivity index (χ2v) is 6.98. The Bertz CT molecular complexity index is 220. The van der Waals surface area contributed by atoms with Gasteiger partial charge in [0.25, 0.3) is 0 Å². The summed E-state index contributed by atoms with van der Waals surface area (Å²) in [5.74, 6) is 1.68. The molecule has 0 radical (unpaired) electrons. The number of hydrogen-bond acceptors (Lipinski definition) is 3. The van der Waals surface area contributed by atoms with Crippen LogP contribution in [0.25, 0.3) is 0 Å². The highest BCUT2D eigenvalue weighted by molar-refractivity contribution is 4.77. The molecule has 0 aromatic rings. The molecule has 0 spiro atoms. The lowest BCUT2D eigenvalue weighted by Crippen LogP contribution is -2.42. The van der Waals surface area contributed by atoms with Crippen molar-refractivity contribution in [2.24, 2.45) is 11.8 Å². The van der Waals surface area contributed by atoms with Gasteiger partial charge in [-0.25, -0.2) is 0 Å². The molecule has 0 saturated carbocycles. The molecule has 0 bridgehead atoms. The fourth-order valence-electron chi connectivity index (χ4n) is 2.98. The highest BCUT2D eigenvalue weighted by Gasteiger charge is 2.22. The van der Waals surface area contributed by atoms with Crippen LogP contribution < -0.4 is 5.32 Å². The molecule has 1 fully saturated rings. The Balaban J connectivity index is 2.12. The van der Waals surface area contributed by atoms with Gasteiger partial charge in [0.2, 0.25) is 0 Å². The van der Waals surface area contributed by atoms with Gasteiger partial charge in [-0.3, -0.25) is 0 Å². The lowest BCUT2D eigenvalue weighted by molar-refractivity contribution is 0.122. The average molecular weight is 269 g/mol. The highest BCUT2D eigenvalue weighted by Crippen LogP contribution is 2.20. The molecule has 114 valence electrons. The van der Waals surface area contributed by atoms with E-state index < -0.39 is 0 Å². The quantitative estimate of drug-likeness (QED) is 0.682. The number of rotatable bonds is 8. The van der Waals surface area contributed by atoms with Crippen LogP contribution in [0, 0.1) is 11.8 Å². The van der Waals surface area contributed by atoms with E-state index in [1.165, 1.54) is 38.9 Å². The van der Waals surface area contributed by atoms with Gasteiger partial charge in [0.05, 0.1) is 0 Å². The van der Waals surface area contributed by atoms with Crippen molar-refractivity contribution in [2.45, 2.75) is 46.1 Å². The standard InChI is InChI=1S/C16H35N3/c1-14(2)12-17-9-6-15(3)19-10-7-16(8-11-19)13-18(4)5/h14-17H,6-13H2,1-5H3. The Morgan fingerprint density at radius 1 is 1.16 bits per heavy atom. The third-order valence-corrected chi connectivity index (χ3v) is 4.19. The molecule has 0 aromatic heterocycles. The van der Waals surface area contributed by atoms with Crippen molar-refractivity contribution in [1.29, 1.82) is 0 Å². The summed E-state index contributed by atoms with van der Waals surface area (Å²) in [6.45, 7) is 13.1. The number of piperidine rings is 1. The fraction of sp³-hybridized carbons (Fsp3) is 1.00. The summed E-state index contributed by atoms with van der Waals surface area (Å²) in [5.41, 5.74) is 0. The van der Waals surface area contributed by atoms with Crippen LogP contribution in [-0.4, -0.2) is 62.7 Å². The molecule has 1 aliphatic rings. The van der Waals surface area contributed by atoms with E-state index in [-0.39, 0.29) is 0 Å². The Morgan fingerprint density at radius 2 is 1.79 bits per heavy atom. The maximum Gasteiger partial charge on any atom is 0.00790 e. The number of likely N-dealkylation sites (tertiary alicyclic amines) is 1. The molecule has 1 aliphatic heterocycles. The van der Waals surface area contributed by atoms with E-state index in [0.29, 0.717) is 0 Å². The summed E-state index contributed by atoms with van der Waals surface area (Å²) in [6, 6.07) is 0.736. The zero-order valence-electron chi connectivity index (χ0n) is 13.8.